The van der Waals surface area contributed by atoms with E-state index >= 15 is 0 Å². The minimum Gasteiger partial charge on any atom is -0.481 e. The fourth-order valence-corrected chi connectivity index (χ4v) is 1.63. The molecule has 0 radical (unpaired) electrons. The van der Waals surface area contributed by atoms with Gasteiger partial charge in [-0.3, -0.25) is 9.59 Å². The van der Waals surface area contributed by atoms with E-state index in [1.165, 1.54) is 0 Å². The van der Waals surface area contributed by atoms with E-state index in [0.717, 1.165) is 0 Å². The van der Waals surface area contributed by atoms with Gasteiger partial charge < -0.3 is 15.7 Å². The Kier molecular flexibility index (Phi) is 3.46. The number of nitrogens with zero attached hydrogens (tertiary/aromatic N) is 1. The molecule has 3 N–H and O–H groups in total. The lowest BCUT2D eigenvalue weighted by Crippen LogP contribution is -2.46. The van der Waals surface area contributed by atoms with E-state index in [4.69, 9.17) is 10.8 Å². The van der Waals surface area contributed by atoms with Crippen LogP contribution in [-0.4, -0.2) is 41.0 Å². The highest BCUT2D eigenvalue weighted by atomic mass is 16.4. The van der Waals surface area contributed by atoms with Crippen LogP contribution < -0.4 is 5.73 Å². The van der Waals surface area contributed by atoms with Crippen molar-refractivity contribution in [1.29, 1.82) is 0 Å². The van der Waals surface area contributed by atoms with Crippen LogP contribution in [0.2, 0.25) is 0 Å². The predicted molar refractivity (Wildman–Crippen MR) is 50.6 cm³/mol. The largest absolute Gasteiger partial charge is 0.481 e. The summed E-state index contributed by atoms with van der Waals surface area (Å²) in [5.41, 5.74) is 5.45. The summed E-state index contributed by atoms with van der Waals surface area (Å²) < 4.78 is 0. The van der Waals surface area contributed by atoms with Crippen molar-refractivity contribution < 1.29 is 14.7 Å². The van der Waals surface area contributed by atoms with Crippen LogP contribution in [0.1, 0.15) is 19.8 Å². The maximum Gasteiger partial charge on any atom is 0.306 e. The van der Waals surface area contributed by atoms with Crippen LogP contribution in [-0.2, 0) is 9.59 Å². The molecule has 1 atom stereocenters. The number of hydrogen-bond donors (Lipinski definition) is 2. The molecule has 0 spiro atoms. The topological polar surface area (TPSA) is 83.6 Å². The first-order chi connectivity index (χ1) is 6.52. The summed E-state index contributed by atoms with van der Waals surface area (Å²) in [6.07, 6.45) is 1.07. The number of nitrogens with two attached hydrogens (primary N) is 1. The standard InChI is InChI=1S/C9H16N2O3/c1-6(10)8(12)11-4-2-7(3-5-11)9(13)14/h6-7H,2-5,10H2,1H3,(H,13,14)/t6-/m1/s1. The van der Waals surface area contributed by atoms with Crippen molar-refractivity contribution >= 4 is 11.9 Å². The molecule has 0 bridgehead atoms. The second-order valence-electron chi connectivity index (χ2n) is 3.73. The molecule has 80 valence electrons. The molecule has 1 saturated heterocycles. The van der Waals surface area contributed by atoms with Gasteiger partial charge in [0, 0.05) is 13.1 Å². The molecule has 1 aliphatic heterocycles. The molecule has 0 aromatic rings. The second-order valence-corrected chi connectivity index (χ2v) is 3.73. The van der Waals surface area contributed by atoms with Crippen LogP contribution in [0.15, 0.2) is 0 Å². The molecule has 0 aliphatic carbocycles. The lowest BCUT2D eigenvalue weighted by molar-refractivity contribution is -0.145. The summed E-state index contributed by atoms with van der Waals surface area (Å²) in [5, 5.41) is 8.74. The molecule has 5 nitrogen and oxygen atoms in total. The maximum absolute atomic E-state index is 11.4. The predicted octanol–water partition coefficient (Wildman–Crippen LogP) is -0.343. The number of aliphatic carboxylic acids is 1. The van der Waals surface area contributed by atoms with E-state index in [0.29, 0.717) is 25.9 Å². The van der Waals surface area contributed by atoms with Gasteiger partial charge in [0.05, 0.1) is 12.0 Å². The van der Waals surface area contributed by atoms with Gasteiger partial charge in [-0.2, -0.15) is 0 Å². The van der Waals surface area contributed by atoms with E-state index in [-0.39, 0.29) is 11.8 Å². The highest BCUT2D eigenvalue weighted by Gasteiger charge is 2.27. The Bertz CT molecular complexity index is 232. The number of likely N-dealkylation sites (tertiary alicyclic amines) is 1. The first kappa shape index (κ1) is 11.0. The summed E-state index contributed by atoms with van der Waals surface area (Å²) in [4.78, 5) is 23.7. The molecule has 5 heteroatoms. The fraction of sp³-hybridized carbons (Fsp3) is 0.778. The molecular formula is C9H16N2O3. The summed E-state index contributed by atoms with van der Waals surface area (Å²) >= 11 is 0. The Morgan fingerprint density at radius 3 is 2.29 bits per heavy atom. The summed E-state index contributed by atoms with van der Waals surface area (Å²) in [7, 11) is 0. The van der Waals surface area contributed by atoms with Gasteiger partial charge in [-0.15, -0.1) is 0 Å². The zero-order valence-corrected chi connectivity index (χ0v) is 8.27. The van der Waals surface area contributed by atoms with Crippen LogP contribution >= 0.6 is 0 Å². The number of carboxylic acid groups (broad SMARTS) is 1. The van der Waals surface area contributed by atoms with Gasteiger partial charge in [0.2, 0.25) is 5.91 Å². The smallest absolute Gasteiger partial charge is 0.306 e. The van der Waals surface area contributed by atoms with E-state index in [1.54, 1.807) is 11.8 Å². The Hall–Kier alpha value is -1.10. The normalized spacial score (nSPS) is 20.6. The van der Waals surface area contributed by atoms with Gasteiger partial charge in [-0.05, 0) is 19.8 Å². The lowest BCUT2D eigenvalue weighted by Gasteiger charge is -2.31. The van der Waals surface area contributed by atoms with Gasteiger partial charge in [-0.25, -0.2) is 0 Å². The van der Waals surface area contributed by atoms with Crippen molar-refractivity contribution in [3.63, 3.8) is 0 Å². The van der Waals surface area contributed by atoms with Crippen LogP contribution in [0.4, 0.5) is 0 Å². The summed E-state index contributed by atoms with van der Waals surface area (Å²) in [5.74, 6) is -1.15. The molecule has 1 amide bonds. The van der Waals surface area contributed by atoms with Gasteiger partial charge in [0.25, 0.3) is 0 Å². The number of hydrogen-bond acceptors (Lipinski definition) is 3. The number of carbonyl (C=O) groups excluding carboxylic acids is 1. The lowest BCUT2D eigenvalue weighted by atomic mass is 9.97. The molecule has 0 unspecified atom stereocenters. The van der Waals surface area contributed by atoms with Crippen LogP contribution in [0.3, 0.4) is 0 Å². The van der Waals surface area contributed by atoms with E-state index < -0.39 is 12.0 Å². The third-order valence-electron chi connectivity index (χ3n) is 2.55. The highest BCUT2D eigenvalue weighted by Crippen LogP contribution is 2.17. The molecule has 0 saturated carbocycles. The molecule has 0 aromatic heterocycles. The minimum absolute atomic E-state index is 0.0890. The van der Waals surface area contributed by atoms with Crippen molar-refractivity contribution in [3.05, 3.63) is 0 Å². The number of piperidine rings is 1. The van der Waals surface area contributed by atoms with Crippen LogP contribution in [0.5, 0.6) is 0 Å². The Morgan fingerprint density at radius 1 is 1.43 bits per heavy atom. The first-order valence-corrected chi connectivity index (χ1v) is 4.79. The quantitative estimate of drug-likeness (QED) is 0.638. The second kappa shape index (κ2) is 4.41. The summed E-state index contributed by atoms with van der Waals surface area (Å²) in [6, 6.07) is -0.489. The number of carboxylic acids is 1. The average molecular weight is 200 g/mol. The molecule has 1 fully saturated rings. The van der Waals surface area contributed by atoms with Crippen molar-refractivity contribution in [2.24, 2.45) is 11.7 Å². The monoisotopic (exact) mass is 200 g/mol. The van der Waals surface area contributed by atoms with E-state index in [1.807, 2.05) is 0 Å². The van der Waals surface area contributed by atoms with Gasteiger partial charge in [-0.1, -0.05) is 0 Å². The summed E-state index contributed by atoms with van der Waals surface area (Å²) in [6.45, 7) is 2.67. The number of carbonyl (C=O) groups is 2. The maximum atomic E-state index is 11.4. The Balaban J connectivity index is 2.43. The van der Waals surface area contributed by atoms with Gasteiger partial charge in [0.15, 0.2) is 0 Å². The molecule has 14 heavy (non-hydrogen) atoms. The van der Waals surface area contributed by atoms with Gasteiger partial charge >= 0.3 is 5.97 Å². The van der Waals surface area contributed by atoms with Crippen molar-refractivity contribution in [2.45, 2.75) is 25.8 Å². The van der Waals surface area contributed by atoms with Crippen molar-refractivity contribution in [1.82, 2.24) is 4.90 Å². The van der Waals surface area contributed by atoms with Crippen LogP contribution in [0, 0.1) is 5.92 Å². The molecule has 1 aliphatic rings. The SMILES string of the molecule is C[C@@H](N)C(=O)N1CCC(C(=O)O)CC1. The molecule has 1 rings (SSSR count). The molecule has 1 heterocycles. The Labute approximate surface area is 82.9 Å². The van der Waals surface area contributed by atoms with E-state index in [9.17, 15) is 9.59 Å². The fourth-order valence-electron chi connectivity index (χ4n) is 1.63. The first-order valence-electron chi connectivity index (χ1n) is 4.79. The van der Waals surface area contributed by atoms with E-state index in [2.05, 4.69) is 0 Å². The highest BCUT2D eigenvalue weighted by molar-refractivity contribution is 5.81. The minimum atomic E-state index is -0.766. The average Bonchev–Trinajstić information content (AvgIpc) is 2.16. The molecule has 0 aromatic carbocycles. The molecular weight excluding hydrogens is 184 g/mol. The van der Waals surface area contributed by atoms with Crippen molar-refractivity contribution in [3.8, 4) is 0 Å². The van der Waals surface area contributed by atoms with Gasteiger partial charge in [0.1, 0.15) is 0 Å². The van der Waals surface area contributed by atoms with Crippen molar-refractivity contribution in [2.75, 3.05) is 13.1 Å². The zero-order valence-electron chi connectivity index (χ0n) is 8.27. The number of rotatable bonds is 2. The third kappa shape index (κ3) is 2.45. The number of amides is 1. The third-order valence-corrected chi connectivity index (χ3v) is 2.55. The zero-order chi connectivity index (χ0) is 10.7. The Morgan fingerprint density at radius 2 is 1.93 bits per heavy atom. The van der Waals surface area contributed by atoms with Crippen LogP contribution in [0.25, 0.3) is 0 Å².